The lowest BCUT2D eigenvalue weighted by Gasteiger charge is -2.07. The van der Waals surface area contributed by atoms with Crippen LogP contribution in [0.15, 0.2) is 18.2 Å². The van der Waals surface area contributed by atoms with Gasteiger partial charge < -0.3 is 9.67 Å². The Morgan fingerprint density at radius 3 is 2.76 bits per heavy atom. The molecule has 2 rings (SSSR count). The van der Waals surface area contributed by atoms with E-state index in [0.29, 0.717) is 5.56 Å². The van der Waals surface area contributed by atoms with Crippen molar-refractivity contribution in [2.45, 2.75) is 39.2 Å². The molecule has 0 unspecified atom stereocenters. The number of unbranched alkanes of at least 4 members (excludes halogenated alkanes) is 3. The van der Waals surface area contributed by atoms with Crippen LogP contribution >= 0.6 is 11.8 Å². The lowest BCUT2D eigenvalue weighted by Crippen LogP contribution is -2.02. The minimum Gasteiger partial charge on any atom is -0.478 e. The molecule has 2 aromatic rings. The zero-order valence-corrected chi connectivity index (χ0v) is 13.4. The van der Waals surface area contributed by atoms with Crippen LogP contribution in [0.3, 0.4) is 0 Å². The summed E-state index contributed by atoms with van der Waals surface area (Å²) in [6.45, 7) is 2.89. The number of aromatic carboxylic acids is 1. The highest BCUT2D eigenvalue weighted by atomic mass is 32.2. The molecule has 0 radical (unpaired) electrons. The van der Waals surface area contributed by atoms with Crippen LogP contribution in [0.25, 0.3) is 11.0 Å². The Kier molecular flexibility index (Phi) is 5.67. The first-order chi connectivity index (χ1) is 10.1. The molecule has 1 N–H and O–H groups in total. The van der Waals surface area contributed by atoms with Crippen LogP contribution in [-0.2, 0) is 6.54 Å². The summed E-state index contributed by atoms with van der Waals surface area (Å²) in [4.78, 5) is 15.6. The highest BCUT2D eigenvalue weighted by Gasteiger charge is 2.10. The number of carbonyl (C=O) groups is 1. The Morgan fingerprint density at radius 1 is 1.29 bits per heavy atom. The largest absolute Gasteiger partial charge is 0.478 e. The van der Waals surface area contributed by atoms with Crippen molar-refractivity contribution in [3.05, 3.63) is 29.6 Å². The minimum absolute atomic E-state index is 0.323. The van der Waals surface area contributed by atoms with Crippen LogP contribution in [-0.4, -0.2) is 32.6 Å². The quantitative estimate of drug-likeness (QED) is 0.750. The summed E-state index contributed by atoms with van der Waals surface area (Å²) in [7, 11) is 0. The van der Waals surface area contributed by atoms with Crippen LogP contribution < -0.4 is 0 Å². The van der Waals surface area contributed by atoms with Gasteiger partial charge in [-0.05, 0) is 50.0 Å². The molecule has 0 fully saturated rings. The molecule has 5 heteroatoms. The summed E-state index contributed by atoms with van der Waals surface area (Å²) < 4.78 is 2.14. The van der Waals surface area contributed by atoms with Crippen molar-refractivity contribution in [2.75, 3.05) is 12.0 Å². The predicted molar refractivity (Wildman–Crippen MR) is 88.3 cm³/mol. The van der Waals surface area contributed by atoms with E-state index in [2.05, 4.69) is 15.8 Å². The molecule has 0 bridgehead atoms. The third-order valence-corrected chi connectivity index (χ3v) is 4.36. The number of carboxylic acids is 1. The second-order valence-corrected chi connectivity index (χ2v) is 6.21. The molecule has 114 valence electrons. The molecular weight excluding hydrogens is 284 g/mol. The van der Waals surface area contributed by atoms with Crippen molar-refractivity contribution in [1.82, 2.24) is 9.55 Å². The Labute approximate surface area is 129 Å². The average molecular weight is 306 g/mol. The highest BCUT2D eigenvalue weighted by molar-refractivity contribution is 7.98. The number of benzene rings is 1. The smallest absolute Gasteiger partial charge is 0.335 e. The number of hydrogen-bond acceptors (Lipinski definition) is 3. The van der Waals surface area contributed by atoms with Crippen molar-refractivity contribution >= 4 is 28.8 Å². The van der Waals surface area contributed by atoms with E-state index in [4.69, 9.17) is 5.11 Å². The number of carboxylic acid groups (broad SMARTS) is 1. The number of hydrogen-bond donors (Lipinski definition) is 1. The van der Waals surface area contributed by atoms with E-state index in [9.17, 15) is 4.79 Å². The Morgan fingerprint density at radius 2 is 2.05 bits per heavy atom. The summed E-state index contributed by atoms with van der Waals surface area (Å²) >= 11 is 1.90. The Balaban J connectivity index is 2.06. The fourth-order valence-electron chi connectivity index (χ4n) is 2.53. The number of rotatable bonds is 8. The van der Waals surface area contributed by atoms with E-state index < -0.39 is 5.97 Å². The van der Waals surface area contributed by atoms with Crippen LogP contribution in [0.4, 0.5) is 0 Å². The molecular formula is C16H22N2O2S. The van der Waals surface area contributed by atoms with E-state index >= 15 is 0 Å². The van der Waals surface area contributed by atoms with Crippen LogP contribution in [0, 0.1) is 6.92 Å². The van der Waals surface area contributed by atoms with Gasteiger partial charge in [-0.25, -0.2) is 9.78 Å². The maximum Gasteiger partial charge on any atom is 0.335 e. The van der Waals surface area contributed by atoms with Crippen molar-refractivity contribution in [1.29, 1.82) is 0 Å². The SMILES string of the molecule is CSCCCCCCn1c(C)nc2ccc(C(=O)O)cc21. The van der Waals surface area contributed by atoms with E-state index in [0.717, 1.165) is 29.8 Å². The first-order valence-electron chi connectivity index (χ1n) is 7.32. The number of thioether (sulfide) groups is 1. The fraction of sp³-hybridized carbons (Fsp3) is 0.500. The molecule has 0 aliphatic rings. The predicted octanol–water partition coefficient (Wildman–Crippen LogP) is 3.97. The fourth-order valence-corrected chi connectivity index (χ4v) is 3.02. The van der Waals surface area contributed by atoms with E-state index in [1.54, 1.807) is 18.2 Å². The highest BCUT2D eigenvalue weighted by Crippen LogP contribution is 2.19. The molecule has 0 aliphatic heterocycles. The Hall–Kier alpha value is -1.49. The molecule has 1 aromatic carbocycles. The molecule has 0 saturated heterocycles. The van der Waals surface area contributed by atoms with E-state index in [1.807, 2.05) is 18.7 Å². The maximum absolute atomic E-state index is 11.1. The molecule has 4 nitrogen and oxygen atoms in total. The molecule has 0 aliphatic carbocycles. The lowest BCUT2D eigenvalue weighted by molar-refractivity contribution is 0.0697. The first-order valence-corrected chi connectivity index (χ1v) is 8.72. The third kappa shape index (κ3) is 4.00. The van der Waals surface area contributed by atoms with Crippen LogP contribution in [0.5, 0.6) is 0 Å². The van der Waals surface area contributed by atoms with Gasteiger partial charge in [0.25, 0.3) is 0 Å². The lowest BCUT2D eigenvalue weighted by atomic mass is 10.2. The second-order valence-electron chi connectivity index (χ2n) is 5.23. The average Bonchev–Trinajstić information content (AvgIpc) is 2.77. The monoisotopic (exact) mass is 306 g/mol. The second kappa shape index (κ2) is 7.50. The van der Waals surface area contributed by atoms with Gasteiger partial charge in [0.15, 0.2) is 0 Å². The van der Waals surface area contributed by atoms with Gasteiger partial charge in [-0.15, -0.1) is 0 Å². The summed E-state index contributed by atoms with van der Waals surface area (Å²) in [6.07, 6.45) is 6.98. The van der Waals surface area contributed by atoms with Crippen molar-refractivity contribution in [3.8, 4) is 0 Å². The van der Waals surface area contributed by atoms with Gasteiger partial charge in [-0.1, -0.05) is 12.8 Å². The summed E-state index contributed by atoms with van der Waals surface area (Å²) in [5, 5.41) is 9.11. The van der Waals surface area contributed by atoms with Gasteiger partial charge >= 0.3 is 5.97 Å². The zero-order valence-electron chi connectivity index (χ0n) is 12.6. The Bertz CT molecular complexity index is 622. The van der Waals surface area contributed by atoms with Crippen molar-refractivity contribution < 1.29 is 9.90 Å². The first kappa shape index (κ1) is 15.9. The van der Waals surface area contributed by atoms with E-state index in [-0.39, 0.29) is 0 Å². The number of aromatic nitrogens is 2. The maximum atomic E-state index is 11.1. The van der Waals surface area contributed by atoms with Crippen LogP contribution in [0.1, 0.15) is 41.9 Å². The molecule has 0 spiro atoms. The van der Waals surface area contributed by atoms with Crippen LogP contribution in [0.2, 0.25) is 0 Å². The molecule has 1 heterocycles. The molecule has 0 atom stereocenters. The minimum atomic E-state index is -0.889. The van der Waals surface area contributed by atoms with Gasteiger partial charge in [0.05, 0.1) is 16.6 Å². The number of nitrogens with zero attached hydrogens (tertiary/aromatic N) is 2. The topological polar surface area (TPSA) is 55.1 Å². The molecule has 21 heavy (non-hydrogen) atoms. The summed E-state index contributed by atoms with van der Waals surface area (Å²) in [6, 6.07) is 5.13. The van der Waals surface area contributed by atoms with Gasteiger partial charge in [-0.2, -0.15) is 11.8 Å². The number of aryl methyl sites for hydroxylation is 2. The van der Waals surface area contributed by atoms with Gasteiger partial charge in [-0.3, -0.25) is 0 Å². The van der Waals surface area contributed by atoms with Crippen molar-refractivity contribution in [2.24, 2.45) is 0 Å². The molecule has 1 aromatic heterocycles. The van der Waals surface area contributed by atoms with E-state index in [1.165, 1.54) is 25.0 Å². The summed E-state index contributed by atoms with van der Waals surface area (Å²) in [5.41, 5.74) is 2.13. The van der Waals surface area contributed by atoms with Gasteiger partial charge in [0, 0.05) is 6.54 Å². The molecule has 0 saturated carbocycles. The normalized spacial score (nSPS) is 11.1. The van der Waals surface area contributed by atoms with Gasteiger partial charge in [0.2, 0.25) is 0 Å². The third-order valence-electron chi connectivity index (χ3n) is 3.67. The number of imidazole rings is 1. The van der Waals surface area contributed by atoms with Crippen molar-refractivity contribution in [3.63, 3.8) is 0 Å². The molecule has 0 amide bonds. The zero-order chi connectivity index (χ0) is 15.2. The summed E-state index contributed by atoms with van der Waals surface area (Å²) in [5.74, 6) is 1.30. The standard InChI is InChI=1S/C16H22N2O2S/c1-12-17-14-8-7-13(16(19)20)11-15(14)18(12)9-5-3-4-6-10-21-2/h7-8,11H,3-6,9-10H2,1-2H3,(H,19,20). The number of fused-ring (bicyclic) bond motifs is 1. The van der Waals surface area contributed by atoms with Gasteiger partial charge in [0.1, 0.15) is 5.82 Å².